The number of nitrogens with zero attached hydrogens (tertiary/aromatic N) is 3. The predicted molar refractivity (Wildman–Crippen MR) is 85.6 cm³/mol. The van der Waals surface area contributed by atoms with Gasteiger partial charge in [0.2, 0.25) is 0 Å². The molecule has 1 N–H and O–H groups in total. The average molecular weight is 381 g/mol. The van der Waals surface area contributed by atoms with Gasteiger partial charge in [-0.2, -0.15) is 18.3 Å². The smallest absolute Gasteiger partial charge is 0.373 e. The summed E-state index contributed by atoms with van der Waals surface area (Å²) in [4.78, 5) is 13.9. The topological polar surface area (TPSA) is 59.4 Å². The number of alkyl halides is 3. The number of carbonyl (C=O) groups is 1. The number of halogens is 4. The minimum Gasteiger partial charge on any atom is -0.373 e. The second-order valence-corrected chi connectivity index (χ2v) is 6.88. The lowest BCUT2D eigenvalue weighted by molar-refractivity contribution is -0.142. The normalized spacial score (nSPS) is 21.9. The molecule has 6 nitrogen and oxygen atoms in total. The van der Waals surface area contributed by atoms with E-state index in [0.717, 1.165) is 31.9 Å². The van der Waals surface area contributed by atoms with E-state index in [1.165, 1.54) is 6.42 Å². The van der Waals surface area contributed by atoms with Crippen molar-refractivity contribution < 1.29 is 22.7 Å². The van der Waals surface area contributed by atoms with Gasteiger partial charge in [0.05, 0.1) is 12.2 Å². The molecule has 0 aromatic carbocycles. The van der Waals surface area contributed by atoms with Gasteiger partial charge >= 0.3 is 12.2 Å². The number of urea groups is 1. The van der Waals surface area contributed by atoms with Crippen molar-refractivity contribution in [2.24, 2.45) is 0 Å². The van der Waals surface area contributed by atoms with Crippen LogP contribution in [0.5, 0.6) is 0 Å². The maximum atomic E-state index is 12.4. The first-order valence-corrected chi connectivity index (χ1v) is 8.69. The van der Waals surface area contributed by atoms with Crippen LogP contribution in [0, 0.1) is 0 Å². The van der Waals surface area contributed by atoms with Crippen LogP contribution in [0.2, 0.25) is 5.02 Å². The Kier molecular flexibility index (Phi) is 5.43. The van der Waals surface area contributed by atoms with Gasteiger partial charge in [-0.1, -0.05) is 11.6 Å². The molecule has 1 saturated heterocycles. The molecule has 1 unspecified atom stereocenters. The van der Waals surface area contributed by atoms with Crippen LogP contribution in [0.1, 0.15) is 32.1 Å². The van der Waals surface area contributed by atoms with Crippen molar-refractivity contribution in [2.45, 2.75) is 57.0 Å². The number of carbonyl (C=O) groups excluding carboxylic acids is 1. The zero-order valence-corrected chi connectivity index (χ0v) is 14.3. The minimum absolute atomic E-state index is 0.00283. The molecule has 3 rings (SSSR count). The molecule has 1 saturated carbocycles. The number of rotatable bonds is 4. The molecule has 25 heavy (non-hydrogen) atoms. The number of hydrogen-bond acceptors (Lipinski definition) is 3. The molecule has 2 amide bonds. The molecule has 1 aliphatic carbocycles. The monoisotopic (exact) mass is 380 g/mol. The Morgan fingerprint density at radius 3 is 2.68 bits per heavy atom. The van der Waals surface area contributed by atoms with Crippen molar-refractivity contribution in [3.63, 3.8) is 0 Å². The van der Waals surface area contributed by atoms with Gasteiger partial charge in [-0.05, 0) is 32.1 Å². The van der Waals surface area contributed by atoms with Gasteiger partial charge in [0, 0.05) is 19.3 Å². The van der Waals surface area contributed by atoms with E-state index in [1.807, 2.05) is 0 Å². The summed E-state index contributed by atoms with van der Waals surface area (Å²) in [6.45, 7) is -0.232. The fourth-order valence-electron chi connectivity index (χ4n) is 2.94. The number of anilines is 1. The Labute approximate surface area is 148 Å². The second-order valence-electron chi connectivity index (χ2n) is 6.47. The maximum absolute atomic E-state index is 12.4. The first-order chi connectivity index (χ1) is 11.8. The van der Waals surface area contributed by atoms with Gasteiger partial charge in [0.15, 0.2) is 5.82 Å². The summed E-state index contributed by atoms with van der Waals surface area (Å²) in [7, 11) is 0. The Bertz CT molecular complexity index is 618. The second kappa shape index (κ2) is 7.41. The Morgan fingerprint density at radius 1 is 1.32 bits per heavy atom. The zero-order chi connectivity index (χ0) is 18.0. The quantitative estimate of drug-likeness (QED) is 0.867. The van der Waals surface area contributed by atoms with Crippen molar-refractivity contribution >= 4 is 23.4 Å². The van der Waals surface area contributed by atoms with Crippen LogP contribution in [-0.2, 0) is 11.3 Å². The molecular formula is C15H20ClF3N4O2. The fraction of sp³-hybridized carbons (Fsp3) is 0.733. The third-order valence-electron chi connectivity index (χ3n) is 4.39. The third-order valence-corrected chi connectivity index (χ3v) is 4.66. The summed E-state index contributed by atoms with van der Waals surface area (Å²) in [6.07, 6.45) is 1.97. The Balaban J connectivity index is 1.56. The summed E-state index contributed by atoms with van der Waals surface area (Å²) in [6, 6.07) is -0.430. The van der Waals surface area contributed by atoms with Crippen LogP contribution in [0.25, 0.3) is 0 Å². The Morgan fingerprint density at radius 2 is 2.04 bits per heavy atom. The van der Waals surface area contributed by atoms with Crippen LogP contribution in [0.15, 0.2) is 6.20 Å². The van der Waals surface area contributed by atoms with E-state index in [2.05, 4.69) is 10.4 Å². The molecule has 0 radical (unpaired) electrons. The number of piperidine rings is 1. The van der Waals surface area contributed by atoms with E-state index in [1.54, 1.807) is 4.90 Å². The van der Waals surface area contributed by atoms with Gasteiger partial charge in [0.25, 0.3) is 0 Å². The van der Waals surface area contributed by atoms with Gasteiger partial charge in [-0.25, -0.2) is 4.79 Å². The summed E-state index contributed by atoms with van der Waals surface area (Å²) < 4.78 is 43.8. The van der Waals surface area contributed by atoms with Crippen molar-refractivity contribution in [1.82, 2.24) is 14.7 Å². The highest BCUT2D eigenvalue weighted by atomic mass is 35.5. The highest BCUT2D eigenvalue weighted by Gasteiger charge is 2.31. The fourth-order valence-corrected chi connectivity index (χ4v) is 3.14. The summed E-state index contributed by atoms with van der Waals surface area (Å²) >= 11 is 5.87. The highest BCUT2D eigenvalue weighted by molar-refractivity contribution is 6.33. The molecule has 10 heteroatoms. The van der Waals surface area contributed by atoms with Gasteiger partial charge in [-0.3, -0.25) is 10.00 Å². The number of aromatic nitrogens is 2. The first kappa shape index (κ1) is 18.3. The van der Waals surface area contributed by atoms with Crippen LogP contribution >= 0.6 is 11.6 Å². The summed E-state index contributed by atoms with van der Waals surface area (Å²) in [5.41, 5.74) is 0. The highest BCUT2D eigenvalue weighted by Crippen LogP contribution is 2.27. The van der Waals surface area contributed by atoms with Crippen LogP contribution in [-0.4, -0.2) is 52.2 Å². The van der Waals surface area contributed by atoms with E-state index in [4.69, 9.17) is 16.3 Å². The van der Waals surface area contributed by atoms with Crippen molar-refractivity contribution in [3.05, 3.63) is 11.2 Å². The lowest BCUT2D eigenvalue weighted by Gasteiger charge is -2.36. The van der Waals surface area contributed by atoms with Gasteiger partial charge < -0.3 is 9.64 Å². The maximum Gasteiger partial charge on any atom is 0.408 e. The molecule has 0 bridgehead atoms. The average Bonchev–Trinajstić information content (AvgIpc) is 2.81. The number of likely N-dealkylation sites (tertiary alicyclic amines) is 1. The van der Waals surface area contributed by atoms with E-state index in [0.29, 0.717) is 23.9 Å². The van der Waals surface area contributed by atoms with E-state index in [9.17, 15) is 18.0 Å². The molecule has 140 valence electrons. The largest absolute Gasteiger partial charge is 0.408 e. The molecule has 1 aromatic heterocycles. The molecule has 0 spiro atoms. The van der Waals surface area contributed by atoms with Crippen LogP contribution in [0.3, 0.4) is 0 Å². The van der Waals surface area contributed by atoms with Crippen molar-refractivity contribution in [2.75, 3.05) is 18.4 Å². The molecule has 2 heterocycles. The van der Waals surface area contributed by atoms with E-state index < -0.39 is 18.8 Å². The number of nitrogens with one attached hydrogen (secondary N) is 1. The van der Waals surface area contributed by atoms with Gasteiger partial charge in [-0.15, -0.1) is 0 Å². The Hall–Kier alpha value is -1.48. The SMILES string of the molecule is O=C(Nc1nn(CC(F)(F)F)cc1Cl)N1CCCC(OC2CCC2)C1. The van der Waals surface area contributed by atoms with Crippen molar-refractivity contribution in [3.8, 4) is 0 Å². The van der Waals surface area contributed by atoms with E-state index in [-0.39, 0.29) is 16.9 Å². The minimum atomic E-state index is -4.41. The first-order valence-electron chi connectivity index (χ1n) is 8.31. The predicted octanol–water partition coefficient (Wildman–Crippen LogP) is 3.66. The molecule has 1 aromatic rings. The van der Waals surface area contributed by atoms with E-state index >= 15 is 0 Å². The molecule has 1 aliphatic heterocycles. The summed E-state index contributed by atoms with van der Waals surface area (Å²) in [5.74, 6) is -0.0713. The molecule has 1 atom stereocenters. The summed E-state index contributed by atoms with van der Waals surface area (Å²) in [5, 5.41) is 6.15. The lowest BCUT2D eigenvalue weighted by atomic mass is 9.95. The van der Waals surface area contributed by atoms with Crippen LogP contribution in [0.4, 0.5) is 23.8 Å². The van der Waals surface area contributed by atoms with Gasteiger partial charge in [0.1, 0.15) is 11.6 Å². The molecule has 2 aliphatic rings. The van der Waals surface area contributed by atoms with Crippen molar-refractivity contribution in [1.29, 1.82) is 0 Å². The molecular weight excluding hydrogens is 361 g/mol. The number of hydrogen-bond donors (Lipinski definition) is 1. The third kappa shape index (κ3) is 5.01. The molecule has 2 fully saturated rings. The zero-order valence-electron chi connectivity index (χ0n) is 13.6. The number of ether oxygens (including phenoxy) is 1. The lowest BCUT2D eigenvalue weighted by Crippen LogP contribution is -2.46. The van der Waals surface area contributed by atoms with Crippen LogP contribution < -0.4 is 5.32 Å². The standard InChI is InChI=1S/C15H20ClF3N4O2/c16-12-8-23(9-15(17,18)19)21-13(12)20-14(24)22-6-2-5-11(7-22)25-10-3-1-4-10/h8,10-11H,1-7,9H2,(H,20,21,24). The number of amides is 2.